The van der Waals surface area contributed by atoms with Gasteiger partial charge in [0, 0.05) is 18.7 Å². The SMILES string of the molecule is CCCNC(=O)NC(=O)CSc1nnc(-c2ccc(OC)cc2)n1CC1CCCO1. The zero-order valence-corrected chi connectivity index (χ0v) is 18.0. The Bertz CT molecular complexity index is 849. The Balaban J connectivity index is 1.72. The molecule has 162 valence electrons. The number of amides is 3. The molecule has 0 saturated carbocycles. The second kappa shape index (κ2) is 11.0. The van der Waals surface area contributed by atoms with Crippen molar-refractivity contribution >= 4 is 23.7 Å². The number of hydrogen-bond donors (Lipinski definition) is 2. The van der Waals surface area contributed by atoms with E-state index in [1.807, 2.05) is 35.8 Å². The van der Waals surface area contributed by atoms with Crippen molar-refractivity contribution in [1.82, 2.24) is 25.4 Å². The lowest BCUT2D eigenvalue weighted by Crippen LogP contribution is -2.40. The smallest absolute Gasteiger partial charge is 0.321 e. The van der Waals surface area contributed by atoms with Crippen LogP contribution in [0.2, 0.25) is 0 Å². The average molecular weight is 434 g/mol. The molecule has 9 nitrogen and oxygen atoms in total. The lowest BCUT2D eigenvalue weighted by atomic mass is 10.2. The fraction of sp³-hybridized carbons (Fsp3) is 0.500. The van der Waals surface area contributed by atoms with E-state index in [1.54, 1.807) is 7.11 Å². The number of urea groups is 1. The van der Waals surface area contributed by atoms with E-state index >= 15 is 0 Å². The first-order valence-corrected chi connectivity index (χ1v) is 11.0. The van der Waals surface area contributed by atoms with Gasteiger partial charge in [-0.3, -0.25) is 14.7 Å². The summed E-state index contributed by atoms with van der Waals surface area (Å²) in [5, 5.41) is 14.2. The number of methoxy groups -OCH3 is 1. The molecule has 1 atom stereocenters. The van der Waals surface area contributed by atoms with Crippen LogP contribution in [0.25, 0.3) is 11.4 Å². The molecule has 0 bridgehead atoms. The van der Waals surface area contributed by atoms with Crippen LogP contribution in [0, 0.1) is 0 Å². The van der Waals surface area contributed by atoms with Crippen molar-refractivity contribution in [3.63, 3.8) is 0 Å². The highest BCUT2D eigenvalue weighted by atomic mass is 32.2. The fourth-order valence-electron chi connectivity index (χ4n) is 3.08. The van der Waals surface area contributed by atoms with Crippen LogP contribution in [0.4, 0.5) is 4.79 Å². The summed E-state index contributed by atoms with van der Waals surface area (Å²) in [6.45, 7) is 3.82. The number of ether oxygens (including phenoxy) is 2. The summed E-state index contributed by atoms with van der Waals surface area (Å²) >= 11 is 1.24. The van der Waals surface area contributed by atoms with Gasteiger partial charge in [0.15, 0.2) is 11.0 Å². The Morgan fingerprint density at radius 3 is 2.77 bits per heavy atom. The van der Waals surface area contributed by atoms with E-state index in [9.17, 15) is 9.59 Å². The maximum atomic E-state index is 12.1. The summed E-state index contributed by atoms with van der Waals surface area (Å²) in [6.07, 6.45) is 2.90. The standard InChI is InChI=1S/C20H27N5O4S/c1-3-10-21-19(27)22-17(26)13-30-20-24-23-18(14-6-8-15(28-2)9-7-14)25(20)12-16-5-4-11-29-16/h6-9,16H,3-5,10-13H2,1-2H3,(H2,21,22,26,27). The van der Waals surface area contributed by atoms with E-state index in [1.165, 1.54) is 11.8 Å². The first-order chi connectivity index (χ1) is 14.6. The van der Waals surface area contributed by atoms with Crippen molar-refractivity contribution in [2.45, 2.75) is 44.0 Å². The van der Waals surface area contributed by atoms with Gasteiger partial charge in [-0.1, -0.05) is 18.7 Å². The molecule has 0 spiro atoms. The summed E-state index contributed by atoms with van der Waals surface area (Å²) < 4.78 is 13.0. The second-order valence-electron chi connectivity index (χ2n) is 6.87. The first-order valence-electron chi connectivity index (χ1n) is 10.0. The average Bonchev–Trinajstić information content (AvgIpc) is 3.41. The second-order valence-corrected chi connectivity index (χ2v) is 7.82. The number of thioether (sulfide) groups is 1. The zero-order chi connectivity index (χ0) is 21.3. The maximum Gasteiger partial charge on any atom is 0.321 e. The third-order valence-corrected chi connectivity index (χ3v) is 5.56. The van der Waals surface area contributed by atoms with Crippen LogP contribution in [0.3, 0.4) is 0 Å². The first kappa shape index (κ1) is 22.1. The van der Waals surface area contributed by atoms with Crippen molar-refractivity contribution in [2.24, 2.45) is 0 Å². The Morgan fingerprint density at radius 1 is 1.30 bits per heavy atom. The Hall–Kier alpha value is -2.59. The molecule has 2 heterocycles. The lowest BCUT2D eigenvalue weighted by Gasteiger charge is -2.15. The molecule has 1 aromatic carbocycles. The van der Waals surface area contributed by atoms with Crippen LogP contribution in [0.15, 0.2) is 29.4 Å². The molecule has 2 aromatic rings. The topological polar surface area (TPSA) is 107 Å². The number of aromatic nitrogens is 3. The quantitative estimate of drug-likeness (QED) is 0.585. The van der Waals surface area contributed by atoms with Gasteiger partial charge in [-0.2, -0.15) is 0 Å². The summed E-state index contributed by atoms with van der Waals surface area (Å²) in [7, 11) is 1.62. The van der Waals surface area contributed by atoms with Gasteiger partial charge in [0.25, 0.3) is 0 Å². The predicted molar refractivity (Wildman–Crippen MR) is 114 cm³/mol. The van der Waals surface area contributed by atoms with Gasteiger partial charge in [-0.25, -0.2) is 4.79 Å². The van der Waals surface area contributed by atoms with E-state index in [4.69, 9.17) is 9.47 Å². The molecule has 1 saturated heterocycles. The van der Waals surface area contributed by atoms with Gasteiger partial charge in [0.2, 0.25) is 5.91 Å². The Labute approximate surface area is 179 Å². The van der Waals surface area contributed by atoms with Crippen molar-refractivity contribution in [2.75, 3.05) is 26.0 Å². The van der Waals surface area contributed by atoms with Gasteiger partial charge in [-0.05, 0) is 43.5 Å². The third kappa shape index (κ3) is 5.96. The summed E-state index contributed by atoms with van der Waals surface area (Å²) in [5.41, 5.74) is 0.900. The highest BCUT2D eigenvalue weighted by Crippen LogP contribution is 2.27. The number of benzene rings is 1. The van der Waals surface area contributed by atoms with E-state index in [0.717, 1.165) is 37.2 Å². The Kier molecular flexibility index (Phi) is 8.09. The molecule has 3 rings (SSSR count). The van der Waals surface area contributed by atoms with E-state index in [2.05, 4.69) is 20.8 Å². The highest BCUT2D eigenvalue weighted by molar-refractivity contribution is 7.99. The molecule has 0 radical (unpaired) electrons. The molecule has 0 aliphatic carbocycles. The summed E-state index contributed by atoms with van der Waals surface area (Å²) in [6, 6.07) is 7.11. The van der Waals surface area contributed by atoms with Gasteiger partial charge >= 0.3 is 6.03 Å². The third-order valence-electron chi connectivity index (χ3n) is 4.60. The number of carbonyl (C=O) groups is 2. The van der Waals surface area contributed by atoms with Gasteiger partial charge in [0.1, 0.15) is 5.75 Å². The molecule has 1 aliphatic rings. The van der Waals surface area contributed by atoms with Gasteiger partial charge < -0.3 is 14.8 Å². The molecule has 1 unspecified atom stereocenters. The van der Waals surface area contributed by atoms with Gasteiger partial charge in [-0.15, -0.1) is 10.2 Å². The van der Waals surface area contributed by atoms with Crippen LogP contribution in [-0.4, -0.2) is 58.8 Å². The predicted octanol–water partition coefficient (Wildman–Crippen LogP) is 2.46. The minimum absolute atomic E-state index is 0.0613. The van der Waals surface area contributed by atoms with Crippen LogP contribution >= 0.6 is 11.8 Å². The monoisotopic (exact) mass is 433 g/mol. The van der Waals surface area contributed by atoms with Gasteiger partial charge in [0.05, 0.1) is 25.5 Å². The van der Waals surface area contributed by atoms with Crippen molar-refractivity contribution in [1.29, 1.82) is 0 Å². The number of nitrogens with zero attached hydrogens (tertiary/aromatic N) is 3. The lowest BCUT2D eigenvalue weighted by molar-refractivity contribution is -0.117. The summed E-state index contributed by atoms with van der Waals surface area (Å²) in [4.78, 5) is 23.8. The molecule has 1 fully saturated rings. The van der Waals surface area contributed by atoms with Crippen LogP contribution in [0.5, 0.6) is 5.75 Å². The number of imide groups is 1. The molecule has 3 amide bonds. The maximum absolute atomic E-state index is 12.1. The molecule has 2 N–H and O–H groups in total. The minimum atomic E-state index is -0.484. The molecular weight excluding hydrogens is 406 g/mol. The Morgan fingerprint density at radius 2 is 2.10 bits per heavy atom. The van der Waals surface area contributed by atoms with Crippen molar-refractivity contribution in [3.8, 4) is 17.1 Å². The van der Waals surface area contributed by atoms with Crippen molar-refractivity contribution < 1.29 is 19.1 Å². The highest BCUT2D eigenvalue weighted by Gasteiger charge is 2.22. The van der Waals surface area contributed by atoms with E-state index in [0.29, 0.717) is 24.1 Å². The normalized spacial score (nSPS) is 15.7. The van der Waals surface area contributed by atoms with Crippen LogP contribution in [0.1, 0.15) is 26.2 Å². The number of nitrogens with one attached hydrogen (secondary N) is 2. The number of carbonyl (C=O) groups excluding carboxylic acids is 2. The fourth-order valence-corrected chi connectivity index (χ4v) is 3.83. The van der Waals surface area contributed by atoms with Crippen LogP contribution in [-0.2, 0) is 16.1 Å². The van der Waals surface area contributed by atoms with E-state index < -0.39 is 6.03 Å². The molecule has 1 aliphatic heterocycles. The molecular formula is C20H27N5O4S. The summed E-state index contributed by atoms with van der Waals surface area (Å²) in [5.74, 6) is 1.14. The largest absolute Gasteiger partial charge is 0.497 e. The number of hydrogen-bond acceptors (Lipinski definition) is 7. The number of rotatable bonds is 9. The van der Waals surface area contributed by atoms with Crippen LogP contribution < -0.4 is 15.4 Å². The van der Waals surface area contributed by atoms with E-state index in [-0.39, 0.29) is 17.8 Å². The minimum Gasteiger partial charge on any atom is -0.497 e. The molecule has 30 heavy (non-hydrogen) atoms. The molecule has 10 heteroatoms. The van der Waals surface area contributed by atoms with Crippen molar-refractivity contribution in [3.05, 3.63) is 24.3 Å². The molecule has 1 aromatic heterocycles. The zero-order valence-electron chi connectivity index (χ0n) is 17.2.